The minimum Gasteiger partial charge on any atom is -0.329 e. The number of aromatic nitrogens is 2. The summed E-state index contributed by atoms with van der Waals surface area (Å²) in [6.45, 7) is 0.522. The van der Waals surface area contributed by atoms with E-state index < -0.39 is 0 Å². The van der Waals surface area contributed by atoms with Gasteiger partial charge in [-0.1, -0.05) is 11.6 Å². The molecule has 78 valence electrons. The molecule has 2 aromatic heterocycles. The Morgan fingerprint density at radius 3 is 2.80 bits per heavy atom. The van der Waals surface area contributed by atoms with Crippen molar-refractivity contribution < 1.29 is 0 Å². The average Bonchev–Trinajstić information content (AvgIpc) is 2.68. The average molecular weight is 240 g/mol. The first-order valence-electron chi connectivity index (χ1n) is 4.52. The summed E-state index contributed by atoms with van der Waals surface area (Å²) in [7, 11) is 0. The van der Waals surface area contributed by atoms with Gasteiger partial charge in [0.2, 0.25) is 0 Å². The maximum Gasteiger partial charge on any atom is 0.115 e. The maximum atomic E-state index is 5.89. The van der Waals surface area contributed by atoms with Gasteiger partial charge in [-0.05, 0) is 18.2 Å². The van der Waals surface area contributed by atoms with Crippen LogP contribution in [0.3, 0.4) is 0 Å². The van der Waals surface area contributed by atoms with E-state index in [0.29, 0.717) is 6.54 Å². The normalized spacial score (nSPS) is 12.7. The molecular formula is C10H10ClN3S. The minimum absolute atomic E-state index is 0.116. The predicted molar refractivity (Wildman–Crippen MR) is 62.3 cm³/mol. The number of nitrogens with two attached hydrogens (primary N) is 1. The molecule has 0 aliphatic carbocycles. The van der Waals surface area contributed by atoms with E-state index in [4.69, 9.17) is 17.3 Å². The molecule has 0 saturated heterocycles. The molecule has 1 unspecified atom stereocenters. The Balaban J connectivity index is 2.33. The summed E-state index contributed by atoms with van der Waals surface area (Å²) in [5.74, 6) is 0.116. The molecule has 0 radical (unpaired) electrons. The van der Waals surface area contributed by atoms with Gasteiger partial charge < -0.3 is 5.73 Å². The largest absolute Gasteiger partial charge is 0.329 e. The number of hydrogen-bond donors (Lipinski definition) is 1. The van der Waals surface area contributed by atoms with E-state index in [9.17, 15) is 0 Å². The highest BCUT2D eigenvalue weighted by atomic mass is 35.5. The monoisotopic (exact) mass is 239 g/mol. The van der Waals surface area contributed by atoms with Gasteiger partial charge in [-0.3, -0.25) is 0 Å². The summed E-state index contributed by atoms with van der Waals surface area (Å²) in [5.41, 5.74) is 6.69. The topological polar surface area (TPSA) is 51.8 Å². The van der Waals surface area contributed by atoms with Gasteiger partial charge in [0.15, 0.2) is 0 Å². The Morgan fingerprint density at radius 2 is 2.27 bits per heavy atom. The van der Waals surface area contributed by atoms with Crippen LogP contribution in [0.15, 0.2) is 30.7 Å². The van der Waals surface area contributed by atoms with Gasteiger partial charge in [-0.2, -0.15) is 0 Å². The highest BCUT2D eigenvalue weighted by Gasteiger charge is 2.15. The lowest BCUT2D eigenvalue weighted by Crippen LogP contribution is -2.13. The molecule has 0 spiro atoms. The molecule has 0 aliphatic rings. The summed E-state index contributed by atoms with van der Waals surface area (Å²) in [6.07, 6.45) is 3.26. The van der Waals surface area contributed by atoms with Gasteiger partial charge in [0, 0.05) is 23.5 Å². The Bertz CT molecular complexity index is 429. The van der Waals surface area contributed by atoms with Crippen molar-refractivity contribution in [1.29, 1.82) is 0 Å². The van der Waals surface area contributed by atoms with Crippen LogP contribution in [-0.2, 0) is 0 Å². The lowest BCUT2D eigenvalue weighted by molar-refractivity contribution is 0.795. The van der Waals surface area contributed by atoms with E-state index in [1.165, 1.54) is 6.33 Å². The Kier molecular flexibility index (Phi) is 3.30. The molecule has 0 bridgehead atoms. The molecule has 0 fully saturated rings. The third-order valence-electron chi connectivity index (χ3n) is 2.13. The second kappa shape index (κ2) is 4.70. The Labute approximate surface area is 96.9 Å². The summed E-state index contributed by atoms with van der Waals surface area (Å²) in [6, 6.07) is 5.75. The molecule has 1 atom stereocenters. The van der Waals surface area contributed by atoms with Crippen molar-refractivity contribution in [2.24, 2.45) is 5.73 Å². The van der Waals surface area contributed by atoms with Crippen LogP contribution < -0.4 is 5.73 Å². The van der Waals surface area contributed by atoms with E-state index in [-0.39, 0.29) is 5.92 Å². The first-order chi connectivity index (χ1) is 7.31. The van der Waals surface area contributed by atoms with Crippen molar-refractivity contribution in [2.75, 3.05) is 6.54 Å². The van der Waals surface area contributed by atoms with Crippen molar-refractivity contribution in [3.63, 3.8) is 0 Å². The van der Waals surface area contributed by atoms with Crippen LogP contribution in [0.5, 0.6) is 0 Å². The maximum absolute atomic E-state index is 5.89. The van der Waals surface area contributed by atoms with Crippen molar-refractivity contribution >= 4 is 22.9 Å². The van der Waals surface area contributed by atoms with Crippen LogP contribution in [0.4, 0.5) is 0 Å². The number of hydrogen-bond acceptors (Lipinski definition) is 4. The number of nitrogens with zero attached hydrogens (tertiary/aromatic N) is 2. The molecule has 15 heavy (non-hydrogen) atoms. The summed E-state index contributed by atoms with van der Waals surface area (Å²) < 4.78 is 0.775. The van der Waals surface area contributed by atoms with E-state index >= 15 is 0 Å². The molecule has 0 amide bonds. The fourth-order valence-corrected chi connectivity index (χ4v) is 2.59. The number of thiophene rings is 1. The van der Waals surface area contributed by atoms with Crippen molar-refractivity contribution in [2.45, 2.75) is 5.92 Å². The van der Waals surface area contributed by atoms with Gasteiger partial charge in [-0.25, -0.2) is 9.97 Å². The molecule has 0 aromatic carbocycles. The minimum atomic E-state index is 0.116. The van der Waals surface area contributed by atoms with Gasteiger partial charge in [-0.15, -0.1) is 11.3 Å². The zero-order valence-electron chi connectivity index (χ0n) is 7.93. The van der Waals surface area contributed by atoms with Crippen LogP contribution in [0.2, 0.25) is 4.34 Å². The zero-order chi connectivity index (χ0) is 10.7. The van der Waals surface area contributed by atoms with Crippen LogP contribution >= 0.6 is 22.9 Å². The molecule has 0 saturated carbocycles. The highest BCUT2D eigenvalue weighted by Crippen LogP contribution is 2.30. The van der Waals surface area contributed by atoms with Gasteiger partial charge in [0.05, 0.1) is 10.0 Å². The molecule has 2 rings (SSSR count). The molecule has 2 heterocycles. The van der Waals surface area contributed by atoms with Crippen molar-refractivity contribution in [3.05, 3.63) is 45.6 Å². The number of halogens is 1. The predicted octanol–water partition coefficient (Wildman–Crippen LogP) is 2.28. The van der Waals surface area contributed by atoms with E-state index in [0.717, 1.165) is 14.9 Å². The smallest absolute Gasteiger partial charge is 0.115 e. The molecule has 2 N–H and O–H groups in total. The first kappa shape index (κ1) is 10.5. The zero-order valence-corrected chi connectivity index (χ0v) is 9.50. The summed E-state index contributed by atoms with van der Waals surface area (Å²) in [4.78, 5) is 9.23. The molecule has 5 heteroatoms. The summed E-state index contributed by atoms with van der Waals surface area (Å²) >= 11 is 7.43. The lowest BCUT2D eigenvalue weighted by Gasteiger charge is -2.11. The van der Waals surface area contributed by atoms with Crippen molar-refractivity contribution in [3.8, 4) is 0 Å². The quantitative estimate of drug-likeness (QED) is 0.894. The van der Waals surface area contributed by atoms with Crippen LogP contribution in [0.25, 0.3) is 0 Å². The van der Waals surface area contributed by atoms with Crippen LogP contribution in [0, 0.1) is 0 Å². The second-order valence-electron chi connectivity index (χ2n) is 3.06. The Morgan fingerprint density at radius 1 is 1.40 bits per heavy atom. The number of rotatable bonds is 3. The summed E-state index contributed by atoms with van der Waals surface area (Å²) in [5, 5.41) is 0. The molecule has 2 aromatic rings. The second-order valence-corrected chi connectivity index (χ2v) is 4.81. The fraction of sp³-hybridized carbons (Fsp3) is 0.200. The lowest BCUT2D eigenvalue weighted by atomic mass is 10.0. The Hall–Kier alpha value is -0.970. The molecule has 0 aliphatic heterocycles. The third kappa shape index (κ3) is 2.34. The van der Waals surface area contributed by atoms with E-state index in [1.807, 2.05) is 18.2 Å². The molecular weight excluding hydrogens is 230 g/mol. The van der Waals surface area contributed by atoms with E-state index in [2.05, 4.69) is 9.97 Å². The fourth-order valence-electron chi connectivity index (χ4n) is 1.41. The van der Waals surface area contributed by atoms with Crippen LogP contribution in [0.1, 0.15) is 16.5 Å². The van der Waals surface area contributed by atoms with E-state index in [1.54, 1.807) is 17.5 Å². The first-order valence-corrected chi connectivity index (χ1v) is 5.72. The van der Waals surface area contributed by atoms with Crippen LogP contribution in [-0.4, -0.2) is 16.5 Å². The highest BCUT2D eigenvalue weighted by molar-refractivity contribution is 7.16. The van der Waals surface area contributed by atoms with Gasteiger partial charge >= 0.3 is 0 Å². The molecule has 3 nitrogen and oxygen atoms in total. The standard InChI is InChI=1S/C10H10ClN3S/c11-10-2-1-9(15-10)7(5-12)8-3-4-13-6-14-8/h1-4,6-7H,5,12H2. The van der Waals surface area contributed by atoms with Gasteiger partial charge in [0.1, 0.15) is 6.33 Å². The SMILES string of the molecule is NCC(c1ccncn1)c1ccc(Cl)s1. The third-order valence-corrected chi connectivity index (χ3v) is 3.48. The van der Waals surface area contributed by atoms with Crippen molar-refractivity contribution in [1.82, 2.24) is 9.97 Å². The van der Waals surface area contributed by atoms with Gasteiger partial charge in [0.25, 0.3) is 0 Å².